The van der Waals surface area contributed by atoms with E-state index in [1.54, 1.807) is 23.9 Å². The molecule has 0 aliphatic carbocycles. The van der Waals surface area contributed by atoms with Crippen molar-refractivity contribution in [3.8, 4) is 0 Å². The van der Waals surface area contributed by atoms with E-state index in [9.17, 15) is 4.79 Å². The predicted molar refractivity (Wildman–Crippen MR) is 62.0 cm³/mol. The van der Waals surface area contributed by atoms with E-state index in [1.807, 2.05) is 12.1 Å². The molecule has 15 heavy (non-hydrogen) atoms. The molecule has 1 aromatic rings. The third-order valence-electron chi connectivity index (χ3n) is 1.88. The van der Waals surface area contributed by atoms with Crippen LogP contribution in [-0.2, 0) is 4.79 Å². The average Bonchev–Trinajstić information content (AvgIpc) is 2.17. The summed E-state index contributed by atoms with van der Waals surface area (Å²) in [6.07, 6.45) is 0. The minimum absolute atomic E-state index is 0.518. The molecule has 82 valence electrons. The lowest BCUT2D eigenvalue weighted by Crippen LogP contribution is -2.20. The lowest BCUT2D eigenvalue weighted by molar-refractivity contribution is -0.138. The van der Waals surface area contributed by atoms with Crippen LogP contribution in [-0.4, -0.2) is 16.3 Å². The van der Waals surface area contributed by atoms with E-state index in [1.165, 1.54) is 0 Å². The van der Waals surface area contributed by atoms with Gasteiger partial charge in [0.2, 0.25) is 0 Å². The number of rotatable bonds is 4. The summed E-state index contributed by atoms with van der Waals surface area (Å²) in [7, 11) is 0. The summed E-state index contributed by atoms with van der Waals surface area (Å²) < 4.78 is 0. The van der Waals surface area contributed by atoms with Gasteiger partial charge in [-0.25, -0.2) is 0 Å². The molecule has 0 fully saturated rings. The van der Waals surface area contributed by atoms with E-state index < -0.39 is 12.0 Å². The van der Waals surface area contributed by atoms with Gasteiger partial charge in [-0.2, -0.15) is 0 Å². The molecule has 0 saturated carbocycles. The van der Waals surface area contributed by atoms with Crippen molar-refractivity contribution >= 4 is 17.7 Å². The van der Waals surface area contributed by atoms with Gasteiger partial charge in [-0.15, -0.1) is 11.8 Å². The number of benzene rings is 1. The smallest absolute Gasteiger partial charge is 0.325 e. The predicted octanol–water partition coefficient (Wildman–Crippen LogP) is 2.27. The fraction of sp³-hybridized carbons (Fsp3) is 0.364. The zero-order valence-electron chi connectivity index (χ0n) is 8.81. The number of hydrogen-bond donors (Lipinski definition) is 2. The van der Waals surface area contributed by atoms with E-state index in [-0.39, 0.29) is 0 Å². The largest absolute Gasteiger partial charge is 0.480 e. The maximum absolute atomic E-state index is 10.6. The molecule has 0 saturated heterocycles. The molecule has 3 N–H and O–H groups in total. The van der Waals surface area contributed by atoms with Crippen LogP contribution in [0.15, 0.2) is 29.2 Å². The number of carboxylic acid groups (broad SMARTS) is 1. The number of carboxylic acids is 1. The van der Waals surface area contributed by atoms with Crippen molar-refractivity contribution in [1.29, 1.82) is 0 Å². The Hall–Kier alpha value is -1.00. The summed E-state index contributed by atoms with van der Waals surface area (Å²) in [5, 5.41) is 9.24. The van der Waals surface area contributed by atoms with Gasteiger partial charge < -0.3 is 10.8 Å². The third kappa shape index (κ3) is 3.57. The van der Waals surface area contributed by atoms with E-state index in [2.05, 4.69) is 13.8 Å². The zero-order chi connectivity index (χ0) is 11.4. The molecule has 0 spiro atoms. The summed E-state index contributed by atoms with van der Waals surface area (Å²) in [6.45, 7) is 4.23. The average molecular weight is 225 g/mol. The highest BCUT2D eigenvalue weighted by Gasteiger charge is 2.13. The van der Waals surface area contributed by atoms with Crippen molar-refractivity contribution in [2.45, 2.75) is 30.0 Å². The quantitative estimate of drug-likeness (QED) is 0.772. The second-order valence-electron chi connectivity index (χ2n) is 3.55. The summed E-state index contributed by atoms with van der Waals surface area (Å²) >= 11 is 1.74. The normalized spacial score (nSPS) is 12.8. The lowest BCUT2D eigenvalue weighted by Gasteiger charge is -2.08. The number of nitrogens with two attached hydrogens (primary N) is 1. The molecular weight excluding hydrogens is 210 g/mol. The van der Waals surface area contributed by atoms with Gasteiger partial charge in [0.25, 0.3) is 0 Å². The molecular formula is C11H15NO2S. The fourth-order valence-electron chi connectivity index (χ4n) is 1.17. The van der Waals surface area contributed by atoms with E-state index in [0.717, 1.165) is 4.90 Å². The SMILES string of the molecule is CC(C)Sc1ccc([C@@H](N)C(=O)O)cc1. The molecule has 0 bridgehead atoms. The Morgan fingerprint density at radius 1 is 1.33 bits per heavy atom. The van der Waals surface area contributed by atoms with Crippen LogP contribution >= 0.6 is 11.8 Å². The first-order valence-corrected chi connectivity index (χ1v) is 5.63. The first kappa shape index (κ1) is 12.1. The van der Waals surface area contributed by atoms with Crippen LogP contribution in [0.25, 0.3) is 0 Å². The van der Waals surface area contributed by atoms with Crippen molar-refractivity contribution in [2.75, 3.05) is 0 Å². The zero-order valence-corrected chi connectivity index (χ0v) is 9.62. The Morgan fingerprint density at radius 2 is 1.87 bits per heavy atom. The number of hydrogen-bond acceptors (Lipinski definition) is 3. The van der Waals surface area contributed by atoms with Gasteiger partial charge in [-0.1, -0.05) is 26.0 Å². The molecule has 3 nitrogen and oxygen atoms in total. The maximum Gasteiger partial charge on any atom is 0.325 e. The maximum atomic E-state index is 10.6. The van der Waals surface area contributed by atoms with Gasteiger partial charge in [-0.3, -0.25) is 4.79 Å². The first-order valence-electron chi connectivity index (χ1n) is 4.75. The third-order valence-corrected chi connectivity index (χ3v) is 2.89. The molecule has 0 heterocycles. The van der Waals surface area contributed by atoms with Crippen LogP contribution in [0.1, 0.15) is 25.5 Å². The molecule has 0 unspecified atom stereocenters. The molecule has 1 atom stereocenters. The topological polar surface area (TPSA) is 63.3 Å². The van der Waals surface area contributed by atoms with Gasteiger partial charge in [0.1, 0.15) is 6.04 Å². The number of aliphatic carboxylic acids is 1. The Bertz CT molecular complexity index is 335. The molecule has 4 heteroatoms. The summed E-state index contributed by atoms with van der Waals surface area (Å²) in [6, 6.07) is 6.42. The summed E-state index contributed by atoms with van der Waals surface area (Å²) in [4.78, 5) is 11.8. The highest BCUT2D eigenvalue weighted by atomic mass is 32.2. The highest BCUT2D eigenvalue weighted by Crippen LogP contribution is 2.24. The van der Waals surface area contributed by atoms with E-state index in [0.29, 0.717) is 10.8 Å². The lowest BCUT2D eigenvalue weighted by atomic mass is 10.1. The van der Waals surface area contributed by atoms with Crippen LogP contribution in [0.5, 0.6) is 0 Å². The molecule has 0 amide bonds. The van der Waals surface area contributed by atoms with Crippen LogP contribution in [0, 0.1) is 0 Å². The Balaban J connectivity index is 2.76. The fourth-order valence-corrected chi connectivity index (χ4v) is 2.01. The van der Waals surface area contributed by atoms with Crippen molar-refractivity contribution in [3.63, 3.8) is 0 Å². The minimum Gasteiger partial charge on any atom is -0.480 e. The summed E-state index contributed by atoms with van der Waals surface area (Å²) in [5.41, 5.74) is 6.12. The van der Waals surface area contributed by atoms with Gasteiger partial charge in [0, 0.05) is 10.1 Å². The highest BCUT2D eigenvalue weighted by molar-refractivity contribution is 7.99. The number of thioether (sulfide) groups is 1. The Morgan fingerprint density at radius 3 is 2.27 bits per heavy atom. The molecule has 1 rings (SSSR count). The minimum atomic E-state index is -1.00. The van der Waals surface area contributed by atoms with Gasteiger partial charge in [0.15, 0.2) is 0 Å². The molecule has 0 radical (unpaired) electrons. The Labute approximate surface area is 93.7 Å². The molecule has 0 aliphatic rings. The second kappa shape index (κ2) is 5.19. The van der Waals surface area contributed by atoms with Crippen molar-refractivity contribution in [1.82, 2.24) is 0 Å². The van der Waals surface area contributed by atoms with Crippen LogP contribution < -0.4 is 5.73 Å². The number of carbonyl (C=O) groups is 1. The van der Waals surface area contributed by atoms with Gasteiger partial charge in [-0.05, 0) is 17.7 Å². The molecule has 0 aliphatic heterocycles. The van der Waals surface area contributed by atoms with Crippen molar-refractivity contribution in [2.24, 2.45) is 5.73 Å². The van der Waals surface area contributed by atoms with Crippen LogP contribution in [0.4, 0.5) is 0 Å². The van der Waals surface area contributed by atoms with E-state index in [4.69, 9.17) is 10.8 Å². The first-order chi connectivity index (χ1) is 7.00. The van der Waals surface area contributed by atoms with Gasteiger partial charge >= 0.3 is 5.97 Å². The summed E-state index contributed by atoms with van der Waals surface area (Å²) in [5.74, 6) is -1.00. The monoisotopic (exact) mass is 225 g/mol. The Kier molecular flexibility index (Phi) is 4.17. The van der Waals surface area contributed by atoms with Crippen molar-refractivity contribution in [3.05, 3.63) is 29.8 Å². The van der Waals surface area contributed by atoms with Crippen molar-refractivity contribution < 1.29 is 9.90 Å². The standard InChI is InChI=1S/C11H15NO2S/c1-7(2)15-9-5-3-8(4-6-9)10(12)11(13)14/h3-7,10H,12H2,1-2H3,(H,13,14)/t10-/m1/s1. The van der Waals surface area contributed by atoms with E-state index >= 15 is 0 Å². The van der Waals surface area contributed by atoms with Gasteiger partial charge in [0.05, 0.1) is 0 Å². The van der Waals surface area contributed by atoms with Crippen LogP contribution in [0.3, 0.4) is 0 Å². The molecule has 1 aromatic carbocycles. The second-order valence-corrected chi connectivity index (χ2v) is 5.20. The molecule has 0 aromatic heterocycles. The van der Waals surface area contributed by atoms with Crippen LogP contribution in [0.2, 0.25) is 0 Å².